The van der Waals surface area contributed by atoms with Gasteiger partial charge >= 0.3 is 0 Å². The van der Waals surface area contributed by atoms with E-state index >= 15 is 0 Å². The zero-order valence-electron chi connectivity index (χ0n) is 19.8. The largest absolute Gasteiger partial charge is 0.497 e. The maximum atomic E-state index is 14.0. The molecule has 0 bridgehead atoms. The summed E-state index contributed by atoms with van der Waals surface area (Å²) in [4.78, 5) is 45.0. The van der Waals surface area contributed by atoms with E-state index in [1.54, 1.807) is 55.9 Å². The van der Waals surface area contributed by atoms with Gasteiger partial charge in [-0.3, -0.25) is 24.3 Å². The Labute approximate surface area is 212 Å². The van der Waals surface area contributed by atoms with Crippen molar-refractivity contribution >= 4 is 40.6 Å². The lowest BCUT2D eigenvalue weighted by Gasteiger charge is -2.33. The molecule has 0 saturated heterocycles. The number of nitrogens with two attached hydrogens (primary N) is 2. The van der Waals surface area contributed by atoms with Crippen LogP contribution in [0.1, 0.15) is 63.9 Å². The Morgan fingerprint density at radius 1 is 1.08 bits per heavy atom. The number of amides is 3. The molecule has 2 heterocycles. The van der Waals surface area contributed by atoms with Crippen LogP contribution in [0, 0.1) is 0 Å². The standard InChI is InChI=1S/C25H28N6O4S/c1-35-18-9-7-17(8-10-18)31(25(34)22-19(26)20(23(27)32)30-36-22)21(15-11-13-28-14-12-15)24(33)29-16-5-3-2-4-6-16/h7-14,16,21H,2-6,26H2,1H3,(H2,27,32)(H,29,33)/t21-/m1/s1. The van der Waals surface area contributed by atoms with Crippen molar-refractivity contribution in [3.63, 3.8) is 0 Å². The van der Waals surface area contributed by atoms with E-state index in [-0.39, 0.29) is 28.2 Å². The van der Waals surface area contributed by atoms with Crippen molar-refractivity contribution in [1.82, 2.24) is 14.7 Å². The van der Waals surface area contributed by atoms with Gasteiger partial charge in [-0.05, 0) is 66.3 Å². The Morgan fingerprint density at radius 3 is 2.33 bits per heavy atom. The smallest absolute Gasteiger partial charge is 0.273 e. The van der Waals surface area contributed by atoms with Crippen molar-refractivity contribution in [3.8, 4) is 5.75 Å². The first kappa shape index (κ1) is 25.1. The average Bonchev–Trinajstić information content (AvgIpc) is 3.29. The number of ether oxygens (including phenoxy) is 1. The summed E-state index contributed by atoms with van der Waals surface area (Å²) in [7, 11) is 1.54. The Bertz CT molecular complexity index is 1230. The van der Waals surface area contributed by atoms with Crippen molar-refractivity contribution < 1.29 is 19.1 Å². The van der Waals surface area contributed by atoms with Gasteiger partial charge < -0.3 is 21.5 Å². The van der Waals surface area contributed by atoms with Crippen LogP contribution in [0.2, 0.25) is 0 Å². The normalized spacial score (nSPS) is 14.6. The topological polar surface area (TPSA) is 154 Å². The molecule has 4 rings (SSSR count). The number of benzene rings is 1. The maximum absolute atomic E-state index is 14.0. The van der Waals surface area contributed by atoms with Crippen LogP contribution in [0.3, 0.4) is 0 Å². The first-order chi connectivity index (χ1) is 17.4. The molecule has 1 aromatic carbocycles. The fraction of sp³-hybridized carbons (Fsp3) is 0.320. The number of rotatable bonds is 8. The summed E-state index contributed by atoms with van der Waals surface area (Å²) >= 11 is 0.767. The highest BCUT2D eigenvalue weighted by Crippen LogP contribution is 2.34. The molecule has 1 aliphatic rings. The summed E-state index contributed by atoms with van der Waals surface area (Å²) in [6.45, 7) is 0. The first-order valence-electron chi connectivity index (χ1n) is 11.6. The second-order valence-electron chi connectivity index (χ2n) is 8.54. The van der Waals surface area contributed by atoms with Gasteiger partial charge in [0.25, 0.3) is 11.8 Å². The Hall–Kier alpha value is -3.99. The number of nitrogen functional groups attached to an aromatic ring is 1. The molecule has 5 N–H and O–H groups in total. The lowest BCUT2D eigenvalue weighted by Crippen LogP contribution is -2.47. The molecular weight excluding hydrogens is 480 g/mol. The van der Waals surface area contributed by atoms with Crippen molar-refractivity contribution in [3.05, 3.63) is 64.9 Å². The van der Waals surface area contributed by atoms with Gasteiger partial charge in [-0.1, -0.05) is 19.3 Å². The summed E-state index contributed by atoms with van der Waals surface area (Å²) in [5.74, 6) is -1.15. The van der Waals surface area contributed by atoms with Gasteiger partial charge in [0.2, 0.25) is 5.91 Å². The third-order valence-corrected chi connectivity index (χ3v) is 7.06. The molecule has 0 spiro atoms. The molecule has 1 atom stereocenters. The number of primary amides is 1. The summed E-state index contributed by atoms with van der Waals surface area (Å²) in [6, 6.07) is 9.15. The molecule has 188 valence electrons. The molecule has 1 aliphatic carbocycles. The van der Waals surface area contributed by atoms with E-state index in [2.05, 4.69) is 14.7 Å². The zero-order valence-corrected chi connectivity index (χ0v) is 20.7. The molecule has 10 nitrogen and oxygen atoms in total. The van der Waals surface area contributed by atoms with Crippen molar-refractivity contribution in [2.45, 2.75) is 44.2 Å². The number of hydrogen-bond donors (Lipinski definition) is 3. The molecule has 36 heavy (non-hydrogen) atoms. The SMILES string of the molecule is COc1ccc(N(C(=O)c2snc(C(N)=O)c2N)[C@@H](C(=O)NC2CCCCC2)c2ccncc2)cc1. The third-order valence-electron chi connectivity index (χ3n) is 6.20. The van der Waals surface area contributed by atoms with E-state index < -0.39 is 17.9 Å². The van der Waals surface area contributed by atoms with Crippen LogP contribution >= 0.6 is 11.5 Å². The Morgan fingerprint density at radius 2 is 1.75 bits per heavy atom. The summed E-state index contributed by atoms with van der Waals surface area (Å²) in [6.07, 6.45) is 8.13. The minimum Gasteiger partial charge on any atom is -0.497 e. The van der Waals surface area contributed by atoms with E-state index in [0.29, 0.717) is 17.0 Å². The quantitative estimate of drug-likeness (QED) is 0.422. The highest BCUT2D eigenvalue weighted by atomic mass is 32.1. The Balaban J connectivity index is 1.81. The lowest BCUT2D eigenvalue weighted by molar-refractivity contribution is -0.123. The third kappa shape index (κ3) is 5.30. The van der Waals surface area contributed by atoms with E-state index in [1.165, 1.54) is 4.90 Å². The fourth-order valence-electron chi connectivity index (χ4n) is 4.36. The van der Waals surface area contributed by atoms with E-state index in [1.807, 2.05) is 0 Å². The van der Waals surface area contributed by atoms with Crippen LogP contribution in [-0.2, 0) is 4.79 Å². The number of aromatic nitrogens is 2. The second-order valence-corrected chi connectivity index (χ2v) is 9.31. The zero-order chi connectivity index (χ0) is 25.7. The van der Waals surface area contributed by atoms with Gasteiger partial charge in [-0.15, -0.1) is 0 Å². The van der Waals surface area contributed by atoms with Crippen LogP contribution < -0.4 is 26.4 Å². The van der Waals surface area contributed by atoms with E-state index in [4.69, 9.17) is 16.2 Å². The van der Waals surface area contributed by atoms with Crippen LogP contribution in [0.5, 0.6) is 5.75 Å². The number of carbonyl (C=O) groups excluding carboxylic acids is 3. The first-order valence-corrected chi connectivity index (χ1v) is 12.4. The van der Waals surface area contributed by atoms with E-state index in [0.717, 1.165) is 43.6 Å². The average molecular weight is 509 g/mol. The van der Waals surface area contributed by atoms with Gasteiger partial charge in [0.15, 0.2) is 5.69 Å². The van der Waals surface area contributed by atoms with Gasteiger partial charge in [0, 0.05) is 24.1 Å². The fourth-order valence-corrected chi connectivity index (χ4v) is 5.10. The van der Waals surface area contributed by atoms with Crippen molar-refractivity contribution in [2.24, 2.45) is 5.73 Å². The van der Waals surface area contributed by atoms with Crippen molar-refractivity contribution in [1.29, 1.82) is 0 Å². The minimum absolute atomic E-state index is 0.0177. The van der Waals surface area contributed by atoms with E-state index in [9.17, 15) is 14.4 Å². The number of nitrogens with one attached hydrogen (secondary N) is 1. The summed E-state index contributed by atoms with van der Waals surface area (Å²) < 4.78 is 9.24. The van der Waals surface area contributed by atoms with Crippen LogP contribution in [-0.4, -0.2) is 40.2 Å². The molecule has 2 aromatic heterocycles. The number of pyridine rings is 1. The number of nitrogens with zero attached hydrogens (tertiary/aromatic N) is 3. The van der Waals surface area contributed by atoms with Gasteiger partial charge in [-0.25, -0.2) is 0 Å². The second kappa shape index (κ2) is 11.2. The monoisotopic (exact) mass is 508 g/mol. The number of anilines is 2. The number of hydrogen-bond acceptors (Lipinski definition) is 8. The van der Waals surface area contributed by atoms with Gasteiger partial charge in [0.05, 0.1) is 12.8 Å². The minimum atomic E-state index is -1.03. The molecule has 0 radical (unpaired) electrons. The maximum Gasteiger partial charge on any atom is 0.273 e. The molecule has 1 saturated carbocycles. The molecular formula is C25H28N6O4S. The molecule has 11 heteroatoms. The highest BCUT2D eigenvalue weighted by Gasteiger charge is 2.36. The molecule has 3 aromatic rings. The Kier molecular flexibility index (Phi) is 7.79. The van der Waals surface area contributed by atoms with Crippen LogP contribution in [0.25, 0.3) is 0 Å². The molecule has 0 unspecified atom stereocenters. The van der Waals surface area contributed by atoms with Gasteiger partial charge in [-0.2, -0.15) is 4.37 Å². The summed E-state index contributed by atoms with van der Waals surface area (Å²) in [5, 5.41) is 3.14. The predicted molar refractivity (Wildman–Crippen MR) is 137 cm³/mol. The number of carbonyl (C=O) groups is 3. The van der Waals surface area contributed by atoms with Crippen LogP contribution in [0.4, 0.5) is 11.4 Å². The summed E-state index contributed by atoms with van der Waals surface area (Å²) in [5.41, 5.74) is 12.2. The predicted octanol–water partition coefficient (Wildman–Crippen LogP) is 3.06. The molecule has 3 amide bonds. The molecule has 1 fully saturated rings. The lowest BCUT2D eigenvalue weighted by atomic mass is 9.94. The van der Waals surface area contributed by atoms with Crippen LogP contribution in [0.15, 0.2) is 48.8 Å². The molecule has 0 aliphatic heterocycles. The van der Waals surface area contributed by atoms with Gasteiger partial charge in [0.1, 0.15) is 16.7 Å². The van der Waals surface area contributed by atoms with Crippen molar-refractivity contribution in [2.75, 3.05) is 17.7 Å². The highest BCUT2D eigenvalue weighted by molar-refractivity contribution is 7.09. The number of methoxy groups -OCH3 is 1.